The predicted molar refractivity (Wildman–Crippen MR) is 84.5 cm³/mol. The molecule has 110 valence electrons. The maximum absolute atomic E-state index is 11.5. The van der Waals surface area contributed by atoms with E-state index in [1.54, 1.807) is 18.2 Å². The molecular weight excluding hydrogens is 280 g/mol. The molecule has 0 saturated carbocycles. The van der Waals surface area contributed by atoms with Crippen LogP contribution in [0.25, 0.3) is 11.1 Å². The molecule has 0 aromatic heterocycles. The third-order valence-corrected chi connectivity index (χ3v) is 3.27. The molecule has 3 aromatic rings. The second kappa shape index (κ2) is 5.85. The first-order valence-electron chi connectivity index (χ1n) is 6.99. The second-order valence-electron chi connectivity index (χ2n) is 4.76. The number of hydrogen-bond donors (Lipinski definition) is 0. The molecular formula is C18H14O4. The first-order valence-corrected chi connectivity index (χ1v) is 6.99. The maximum Gasteiger partial charge on any atom is 0.233 e. The van der Waals surface area contributed by atoms with E-state index in [0.29, 0.717) is 35.0 Å². The van der Waals surface area contributed by atoms with Crippen LogP contribution >= 0.6 is 0 Å². The number of hydrogen-bond acceptors (Lipinski definition) is 4. The van der Waals surface area contributed by atoms with Crippen LogP contribution in [0.3, 0.4) is 0 Å². The Kier molecular flexibility index (Phi) is 3.74. The van der Waals surface area contributed by atoms with Crippen LogP contribution in [0.1, 0.15) is 6.92 Å². The van der Waals surface area contributed by atoms with Crippen molar-refractivity contribution in [1.29, 1.82) is 0 Å². The van der Waals surface area contributed by atoms with E-state index in [1.807, 2.05) is 37.3 Å². The SMILES string of the molecule is CCOc1cc(-c2cc(=O)c2=O)ccc1Oc1ccccc1. The first kappa shape index (κ1) is 14.1. The molecule has 0 N–H and O–H groups in total. The minimum atomic E-state index is -0.461. The largest absolute Gasteiger partial charge is 0.490 e. The number of benzene rings is 2. The third-order valence-electron chi connectivity index (χ3n) is 3.27. The molecule has 0 saturated heterocycles. The van der Waals surface area contributed by atoms with Crippen LogP contribution < -0.4 is 20.3 Å². The summed E-state index contributed by atoms with van der Waals surface area (Å²) in [6.07, 6.45) is 0. The lowest BCUT2D eigenvalue weighted by atomic mass is 10.0. The molecule has 4 nitrogen and oxygen atoms in total. The van der Waals surface area contributed by atoms with E-state index in [4.69, 9.17) is 9.47 Å². The fourth-order valence-electron chi connectivity index (χ4n) is 2.18. The lowest BCUT2D eigenvalue weighted by Crippen LogP contribution is -2.30. The summed E-state index contributed by atoms with van der Waals surface area (Å²) in [6.45, 7) is 2.34. The average Bonchev–Trinajstić information content (AvgIpc) is 2.55. The van der Waals surface area contributed by atoms with E-state index in [9.17, 15) is 9.59 Å². The van der Waals surface area contributed by atoms with Crippen molar-refractivity contribution in [1.82, 2.24) is 0 Å². The van der Waals surface area contributed by atoms with Crippen LogP contribution in [0, 0.1) is 0 Å². The fraction of sp³-hybridized carbons (Fsp3) is 0.111. The normalized spacial score (nSPS) is 10.6. The first-order chi connectivity index (χ1) is 10.7. The minimum absolute atomic E-state index is 0.414. The van der Waals surface area contributed by atoms with Crippen molar-refractivity contribution < 1.29 is 9.47 Å². The summed E-state index contributed by atoms with van der Waals surface area (Å²) >= 11 is 0. The Hall–Kier alpha value is -2.88. The fourth-order valence-corrected chi connectivity index (χ4v) is 2.18. The molecule has 0 spiro atoms. The molecule has 0 unspecified atom stereocenters. The highest BCUT2D eigenvalue weighted by Gasteiger charge is 2.15. The van der Waals surface area contributed by atoms with Gasteiger partial charge < -0.3 is 9.47 Å². The molecule has 0 bridgehead atoms. The van der Waals surface area contributed by atoms with Crippen LogP contribution in [0.4, 0.5) is 0 Å². The van der Waals surface area contributed by atoms with Gasteiger partial charge in [0.15, 0.2) is 11.5 Å². The number of para-hydroxylation sites is 1. The highest BCUT2D eigenvalue weighted by atomic mass is 16.5. The van der Waals surface area contributed by atoms with E-state index in [-0.39, 0.29) is 0 Å². The topological polar surface area (TPSA) is 52.6 Å². The summed E-state index contributed by atoms with van der Waals surface area (Å²) in [5.74, 6) is 1.80. The number of ether oxygens (including phenoxy) is 2. The van der Waals surface area contributed by atoms with Crippen LogP contribution in [-0.2, 0) is 0 Å². The molecule has 22 heavy (non-hydrogen) atoms. The molecule has 0 aliphatic carbocycles. The monoisotopic (exact) mass is 294 g/mol. The van der Waals surface area contributed by atoms with Gasteiger partial charge in [0.1, 0.15) is 5.75 Å². The van der Waals surface area contributed by atoms with Crippen LogP contribution in [0.15, 0.2) is 64.2 Å². The molecule has 0 atom stereocenters. The zero-order chi connectivity index (χ0) is 15.5. The Morgan fingerprint density at radius 1 is 0.909 bits per heavy atom. The van der Waals surface area contributed by atoms with Crippen molar-refractivity contribution in [3.63, 3.8) is 0 Å². The summed E-state index contributed by atoms with van der Waals surface area (Å²) in [4.78, 5) is 22.6. The Bertz CT molecular complexity index is 858. The van der Waals surface area contributed by atoms with Gasteiger partial charge in [-0.3, -0.25) is 9.59 Å². The van der Waals surface area contributed by atoms with Gasteiger partial charge in [0.25, 0.3) is 0 Å². The summed E-state index contributed by atoms with van der Waals surface area (Å²) in [6, 6.07) is 15.9. The molecule has 3 aromatic carbocycles. The molecule has 0 aliphatic heterocycles. The van der Waals surface area contributed by atoms with E-state index < -0.39 is 10.9 Å². The molecule has 0 radical (unpaired) electrons. The van der Waals surface area contributed by atoms with Crippen LogP contribution in [0.5, 0.6) is 17.2 Å². The summed E-state index contributed by atoms with van der Waals surface area (Å²) in [5.41, 5.74) is 0.155. The summed E-state index contributed by atoms with van der Waals surface area (Å²) in [7, 11) is 0. The van der Waals surface area contributed by atoms with E-state index in [2.05, 4.69) is 0 Å². The van der Waals surface area contributed by atoms with Gasteiger partial charge in [-0.15, -0.1) is 0 Å². The Labute approximate surface area is 127 Å². The highest BCUT2D eigenvalue weighted by molar-refractivity contribution is 5.69. The van der Waals surface area contributed by atoms with Gasteiger partial charge in [-0.1, -0.05) is 24.3 Å². The van der Waals surface area contributed by atoms with Crippen LogP contribution in [0.2, 0.25) is 0 Å². The lowest BCUT2D eigenvalue weighted by Gasteiger charge is -2.13. The Balaban J connectivity index is 1.96. The zero-order valence-corrected chi connectivity index (χ0v) is 12.0. The lowest BCUT2D eigenvalue weighted by molar-refractivity contribution is 0.321. The number of rotatable bonds is 5. The van der Waals surface area contributed by atoms with E-state index in [0.717, 1.165) is 0 Å². The van der Waals surface area contributed by atoms with Crippen molar-refractivity contribution in [3.05, 3.63) is 75.0 Å². The van der Waals surface area contributed by atoms with Gasteiger partial charge in [-0.2, -0.15) is 0 Å². The Morgan fingerprint density at radius 2 is 1.68 bits per heavy atom. The minimum Gasteiger partial charge on any atom is -0.490 e. The van der Waals surface area contributed by atoms with E-state index in [1.165, 1.54) is 6.07 Å². The van der Waals surface area contributed by atoms with Gasteiger partial charge in [0, 0.05) is 11.6 Å². The predicted octanol–water partition coefficient (Wildman–Crippen LogP) is 3.14. The average molecular weight is 294 g/mol. The highest BCUT2D eigenvalue weighted by Crippen LogP contribution is 2.34. The summed E-state index contributed by atoms with van der Waals surface area (Å²) in [5, 5.41) is 0. The van der Waals surface area contributed by atoms with Gasteiger partial charge in [0.2, 0.25) is 10.9 Å². The molecule has 0 heterocycles. The van der Waals surface area contributed by atoms with E-state index >= 15 is 0 Å². The van der Waals surface area contributed by atoms with Crippen LogP contribution in [-0.4, -0.2) is 6.61 Å². The van der Waals surface area contributed by atoms with Crippen molar-refractivity contribution in [2.24, 2.45) is 0 Å². The van der Waals surface area contributed by atoms with Crippen molar-refractivity contribution in [2.45, 2.75) is 6.92 Å². The quantitative estimate of drug-likeness (QED) is 0.678. The molecule has 0 fully saturated rings. The van der Waals surface area contributed by atoms with Gasteiger partial charge in [-0.25, -0.2) is 0 Å². The van der Waals surface area contributed by atoms with Crippen molar-refractivity contribution in [2.75, 3.05) is 6.61 Å². The molecule has 0 amide bonds. The maximum atomic E-state index is 11.5. The second-order valence-corrected chi connectivity index (χ2v) is 4.76. The zero-order valence-electron chi connectivity index (χ0n) is 12.0. The van der Waals surface area contributed by atoms with Crippen molar-refractivity contribution >= 4 is 0 Å². The summed E-state index contributed by atoms with van der Waals surface area (Å²) < 4.78 is 11.4. The third kappa shape index (κ3) is 2.63. The molecule has 4 heteroatoms. The van der Waals surface area contributed by atoms with Gasteiger partial charge in [-0.05, 0) is 36.8 Å². The smallest absolute Gasteiger partial charge is 0.233 e. The van der Waals surface area contributed by atoms with Crippen molar-refractivity contribution in [3.8, 4) is 28.4 Å². The molecule has 0 aliphatic rings. The standard InChI is InChI=1S/C18H14O4/c1-2-21-17-10-12(14-11-15(19)18(14)20)8-9-16(17)22-13-6-4-3-5-7-13/h3-11H,2H2,1H3. The Morgan fingerprint density at radius 3 is 2.32 bits per heavy atom. The molecule has 3 rings (SSSR count). The van der Waals surface area contributed by atoms with Gasteiger partial charge >= 0.3 is 0 Å². The van der Waals surface area contributed by atoms with Gasteiger partial charge in [0.05, 0.1) is 6.61 Å².